The molecule has 1 saturated heterocycles. The Labute approximate surface area is 160 Å². The quantitative estimate of drug-likeness (QED) is 0.421. The van der Waals surface area contributed by atoms with Crippen LogP contribution in [0.4, 0.5) is 0 Å². The lowest BCUT2D eigenvalue weighted by atomic mass is 10.1. The number of ether oxygens (including phenoxy) is 1. The van der Waals surface area contributed by atoms with Gasteiger partial charge in [0.2, 0.25) is 0 Å². The largest absolute Gasteiger partial charge is 0.381 e. The standard InChI is InChI=1S/C21H29NO3S/c23-20-18-11-3-4-12-19(18)21(24)22(20)13-5-7-15-25-14-6-1-2-9-17-10-8-16-26-17/h3-4,11-12,17H,1-2,5-10,13-16H2/t17-/m0/s1. The zero-order valence-corrected chi connectivity index (χ0v) is 16.3. The Kier molecular flexibility index (Phi) is 7.56. The number of amides is 2. The summed E-state index contributed by atoms with van der Waals surface area (Å²) in [5.41, 5.74) is 1.06. The van der Waals surface area contributed by atoms with Crippen LogP contribution in [0.15, 0.2) is 24.3 Å². The first-order valence-corrected chi connectivity index (χ1v) is 11.0. The molecule has 0 radical (unpaired) electrons. The van der Waals surface area contributed by atoms with Gasteiger partial charge in [0.05, 0.1) is 11.1 Å². The molecule has 2 aliphatic heterocycles. The van der Waals surface area contributed by atoms with Gasteiger partial charge in [0.15, 0.2) is 0 Å². The first-order chi connectivity index (χ1) is 12.8. The Balaban J connectivity index is 1.20. The number of thioether (sulfide) groups is 1. The molecule has 1 aromatic rings. The second kappa shape index (κ2) is 10.1. The van der Waals surface area contributed by atoms with Crippen molar-refractivity contribution in [3.05, 3.63) is 35.4 Å². The molecule has 1 fully saturated rings. The lowest BCUT2D eigenvalue weighted by Crippen LogP contribution is -2.30. The second-order valence-electron chi connectivity index (χ2n) is 7.11. The molecule has 5 heteroatoms. The third-order valence-corrected chi connectivity index (χ3v) is 6.60. The van der Waals surface area contributed by atoms with Crippen LogP contribution in [-0.2, 0) is 4.74 Å². The van der Waals surface area contributed by atoms with Gasteiger partial charge >= 0.3 is 0 Å². The molecule has 1 aromatic carbocycles. The van der Waals surface area contributed by atoms with Gasteiger partial charge in [-0.3, -0.25) is 14.5 Å². The van der Waals surface area contributed by atoms with E-state index in [1.54, 1.807) is 24.3 Å². The van der Waals surface area contributed by atoms with E-state index >= 15 is 0 Å². The summed E-state index contributed by atoms with van der Waals surface area (Å²) in [6.07, 6.45) is 9.57. The number of hydrogen-bond acceptors (Lipinski definition) is 4. The molecule has 1 atom stereocenters. The summed E-state index contributed by atoms with van der Waals surface area (Å²) in [5.74, 6) is 1.04. The van der Waals surface area contributed by atoms with Crippen LogP contribution in [-0.4, -0.2) is 47.5 Å². The van der Waals surface area contributed by atoms with E-state index in [2.05, 4.69) is 11.8 Å². The Morgan fingerprint density at radius 2 is 1.65 bits per heavy atom. The monoisotopic (exact) mass is 375 g/mol. The van der Waals surface area contributed by atoms with E-state index in [4.69, 9.17) is 4.74 Å². The van der Waals surface area contributed by atoms with Gasteiger partial charge in [0, 0.05) is 25.0 Å². The van der Waals surface area contributed by atoms with Crippen molar-refractivity contribution in [2.45, 2.75) is 56.6 Å². The molecule has 4 nitrogen and oxygen atoms in total. The van der Waals surface area contributed by atoms with Crippen molar-refractivity contribution in [2.24, 2.45) is 0 Å². The van der Waals surface area contributed by atoms with Crippen LogP contribution in [0.25, 0.3) is 0 Å². The molecule has 0 spiro atoms. The van der Waals surface area contributed by atoms with Crippen LogP contribution < -0.4 is 0 Å². The van der Waals surface area contributed by atoms with E-state index in [-0.39, 0.29) is 11.8 Å². The highest BCUT2D eigenvalue weighted by Crippen LogP contribution is 2.30. The molecule has 0 saturated carbocycles. The molecular formula is C21H29NO3S. The Morgan fingerprint density at radius 1 is 0.962 bits per heavy atom. The van der Waals surface area contributed by atoms with Crippen LogP contribution >= 0.6 is 11.8 Å². The topological polar surface area (TPSA) is 46.6 Å². The number of imide groups is 1. The molecular weight excluding hydrogens is 346 g/mol. The number of hydrogen-bond donors (Lipinski definition) is 0. The normalized spacial score (nSPS) is 19.4. The number of unbranched alkanes of at least 4 members (excludes halogenated alkanes) is 3. The van der Waals surface area contributed by atoms with E-state index in [1.165, 1.54) is 42.8 Å². The van der Waals surface area contributed by atoms with Crippen molar-refractivity contribution < 1.29 is 14.3 Å². The molecule has 0 bridgehead atoms. The maximum absolute atomic E-state index is 12.2. The molecule has 2 aliphatic rings. The highest BCUT2D eigenvalue weighted by molar-refractivity contribution is 8.00. The zero-order chi connectivity index (χ0) is 18.2. The molecule has 0 aliphatic carbocycles. The highest BCUT2D eigenvalue weighted by atomic mass is 32.2. The minimum Gasteiger partial charge on any atom is -0.381 e. The lowest BCUT2D eigenvalue weighted by Gasteiger charge is -2.13. The van der Waals surface area contributed by atoms with Crippen molar-refractivity contribution in [2.75, 3.05) is 25.5 Å². The Hall–Kier alpha value is -1.33. The van der Waals surface area contributed by atoms with Gasteiger partial charge < -0.3 is 4.74 Å². The van der Waals surface area contributed by atoms with Crippen molar-refractivity contribution in [1.82, 2.24) is 4.90 Å². The molecule has 0 aromatic heterocycles. The number of nitrogens with zero attached hydrogens (tertiary/aromatic N) is 1. The van der Waals surface area contributed by atoms with Crippen molar-refractivity contribution >= 4 is 23.6 Å². The van der Waals surface area contributed by atoms with Gasteiger partial charge in [-0.15, -0.1) is 0 Å². The summed E-state index contributed by atoms with van der Waals surface area (Å²) in [6, 6.07) is 7.05. The number of benzene rings is 1. The van der Waals surface area contributed by atoms with Gasteiger partial charge in [-0.1, -0.05) is 25.0 Å². The molecule has 2 heterocycles. The maximum atomic E-state index is 12.2. The average Bonchev–Trinajstić information content (AvgIpc) is 3.26. The summed E-state index contributed by atoms with van der Waals surface area (Å²) < 4.78 is 5.69. The minimum absolute atomic E-state index is 0.160. The number of fused-ring (bicyclic) bond motifs is 1. The van der Waals surface area contributed by atoms with Crippen LogP contribution in [0.3, 0.4) is 0 Å². The fraction of sp³-hybridized carbons (Fsp3) is 0.619. The van der Waals surface area contributed by atoms with Gasteiger partial charge in [0.1, 0.15) is 0 Å². The fourth-order valence-corrected chi connectivity index (χ4v) is 4.98. The minimum atomic E-state index is -0.160. The molecule has 3 rings (SSSR count). The predicted molar refractivity (Wildman–Crippen MR) is 106 cm³/mol. The summed E-state index contributed by atoms with van der Waals surface area (Å²) in [7, 11) is 0. The maximum Gasteiger partial charge on any atom is 0.261 e. The Bertz CT molecular complexity index is 578. The number of rotatable bonds is 11. The van der Waals surface area contributed by atoms with Gasteiger partial charge in [-0.2, -0.15) is 11.8 Å². The summed E-state index contributed by atoms with van der Waals surface area (Å²) in [4.78, 5) is 25.8. The van der Waals surface area contributed by atoms with E-state index in [1.807, 2.05) is 0 Å². The van der Waals surface area contributed by atoms with Crippen molar-refractivity contribution in [1.29, 1.82) is 0 Å². The van der Waals surface area contributed by atoms with Gasteiger partial charge in [0.25, 0.3) is 11.8 Å². The van der Waals surface area contributed by atoms with Crippen molar-refractivity contribution in [3.63, 3.8) is 0 Å². The molecule has 142 valence electrons. The fourth-order valence-electron chi connectivity index (χ4n) is 3.64. The number of carbonyl (C=O) groups is 2. The summed E-state index contributed by atoms with van der Waals surface area (Å²) >= 11 is 2.14. The molecule has 0 N–H and O–H groups in total. The summed E-state index contributed by atoms with van der Waals surface area (Å²) in [6.45, 7) is 2.02. The molecule has 26 heavy (non-hydrogen) atoms. The van der Waals surface area contributed by atoms with Crippen molar-refractivity contribution in [3.8, 4) is 0 Å². The average molecular weight is 376 g/mol. The predicted octanol–water partition coefficient (Wildman–Crippen LogP) is 4.54. The lowest BCUT2D eigenvalue weighted by molar-refractivity contribution is 0.0642. The van der Waals surface area contributed by atoms with E-state index in [0.717, 1.165) is 31.1 Å². The third kappa shape index (κ3) is 5.10. The molecule has 2 amide bonds. The van der Waals surface area contributed by atoms with E-state index in [0.29, 0.717) is 24.3 Å². The number of carbonyl (C=O) groups excluding carboxylic acids is 2. The van der Waals surface area contributed by atoms with Gasteiger partial charge in [-0.05, 0) is 56.4 Å². The van der Waals surface area contributed by atoms with Crippen LogP contribution in [0, 0.1) is 0 Å². The first-order valence-electron chi connectivity index (χ1n) is 9.92. The van der Waals surface area contributed by atoms with Gasteiger partial charge in [-0.25, -0.2) is 0 Å². The second-order valence-corrected chi connectivity index (χ2v) is 8.52. The molecule has 0 unspecified atom stereocenters. The third-order valence-electron chi connectivity index (χ3n) is 5.14. The Morgan fingerprint density at radius 3 is 2.31 bits per heavy atom. The smallest absolute Gasteiger partial charge is 0.261 e. The zero-order valence-electron chi connectivity index (χ0n) is 15.5. The summed E-state index contributed by atoms with van der Waals surface area (Å²) in [5, 5.41) is 0.915. The highest BCUT2D eigenvalue weighted by Gasteiger charge is 2.34. The SMILES string of the molecule is O=C1c2ccccc2C(=O)N1CCCCOCCCCC[C@H]1CCCS1. The van der Waals surface area contributed by atoms with E-state index < -0.39 is 0 Å². The van der Waals surface area contributed by atoms with E-state index in [9.17, 15) is 9.59 Å². The van der Waals surface area contributed by atoms with Crippen LogP contribution in [0.1, 0.15) is 72.1 Å². The first kappa shape index (κ1) is 19.4. The van der Waals surface area contributed by atoms with Crippen LogP contribution in [0.2, 0.25) is 0 Å². The van der Waals surface area contributed by atoms with Crippen LogP contribution in [0.5, 0.6) is 0 Å².